The van der Waals surface area contributed by atoms with Gasteiger partial charge in [0.2, 0.25) is 0 Å². The first kappa shape index (κ1) is 15.0. The van der Waals surface area contributed by atoms with E-state index in [4.69, 9.17) is 0 Å². The minimum Gasteiger partial charge on any atom is -0.480 e. The smallest absolute Gasteiger partial charge is 0.329 e. The second-order valence-electron chi connectivity index (χ2n) is 5.60. The summed E-state index contributed by atoms with van der Waals surface area (Å²) in [6.45, 7) is 4.46. The largest absolute Gasteiger partial charge is 0.480 e. The Kier molecular flexibility index (Phi) is 4.78. The summed E-state index contributed by atoms with van der Waals surface area (Å²) in [6, 6.07) is 9.46. The Hall–Kier alpha value is -1.39. The van der Waals surface area contributed by atoms with E-state index in [1.165, 1.54) is 12.8 Å². The van der Waals surface area contributed by atoms with Crippen LogP contribution in [0.4, 0.5) is 0 Å². The van der Waals surface area contributed by atoms with Gasteiger partial charge in [0, 0.05) is 13.1 Å². The number of hydrogen-bond donors (Lipinski definition) is 2. The van der Waals surface area contributed by atoms with Crippen molar-refractivity contribution in [1.82, 2.24) is 10.2 Å². The van der Waals surface area contributed by atoms with E-state index in [2.05, 4.69) is 17.1 Å². The van der Waals surface area contributed by atoms with Gasteiger partial charge < -0.3 is 15.3 Å². The van der Waals surface area contributed by atoms with Crippen LogP contribution < -0.4 is 5.32 Å². The molecule has 1 aromatic rings. The van der Waals surface area contributed by atoms with E-state index in [9.17, 15) is 9.90 Å². The van der Waals surface area contributed by atoms with Crippen molar-refractivity contribution in [2.24, 2.45) is 5.92 Å². The summed E-state index contributed by atoms with van der Waals surface area (Å²) in [5, 5.41) is 12.8. The SMILES string of the molecule is CCN(CC1CC1)CC(NC)(C(=O)O)c1ccccc1. The van der Waals surface area contributed by atoms with Crippen molar-refractivity contribution >= 4 is 5.97 Å². The summed E-state index contributed by atoms with van der Waals surface area (Å²) in [7, 11) is 1.73. The second kappa shape index (κ2) is 6.37. The van der Waals surface area contributed by atoms with Crippen LogP contribution in [-0.2, 0) is 10.3 Å². The van der Waals surface area contributed by atoms with Gasteiger partial charge >= 0.3 is 5.97 Å². The van der Waals surface area contributed by atoms with E-state index in [0.717, 1.165) is 24.6 Å². The van der Waals surface area contributed by atoms with Gasteiger partial charge in [-0.25, -0.2) is 4.79 Å². The molecule has 2 N–H and O–H groups in total. The number of likely N-dealkylation sites (N-methyl/N-ethyl adjacent to an activating group) is 2. The standard InChI is InChI=1S/C16H24N2O2/c1-3-18(11-13-9-10-13)12-16(17-2,15(19)20)14-7-5-4-6-8-14/h4-8,13,17H,3,9-12H2,1-2H3,(H,19,20). The minimum absolute atomic E-state index is 0.496. The van der Waals surface area contributed by atoms with Crippen LogP contribution in [0, 0.1) is 5.92 Å². The third-order valence-corrected chi connectivity index (χ3v) is 4.18. The topological polar surface area (TPSA) is 52.6 Å². The Morgan fingerprint density at radius 3 is 2.50 bits per heavy atom. The lowest BCUT2D eigenvalue weighted by Gasteiger charge is -2.35. The molecule has 20 heavy (non-hydrogen) atoms. The van der Waals surface area contributed by atoms with Crippen LogP contribution in [0.5, 0.6) is 0 Å². The molecule has 1 aliphatic carbocycles. The third kappa shape index (κ3) is 3.19. The number of hydrogen-bond acceptors (Lipinski definition) is 3. The van der Waals surface area contributed by atoms with E-state index in [-0.39, 0.29) is 0 Å². The molecule has 1 aromatic carbocycles. The van der Waals surface area contributed by atoms with Gasteiger partial charge in [-0.15, -0.1) is 0 Å². The summed E-state index contributed by atoms with van der Waals surface area (Å²) in [5.41, 5.74) is -0.226. The van der Waals surface area contributed by atoms with Crippen molar-refractivity contribution in [3.05, 3.63) is 35.9 Å². The Bertz CT molecular complexity index is 445. The molecule has 1 saturated carbocycles. The molecule has 1 atom stereocenters. The minimum atomic E-state index is -1.04. The Morgan fingerprint density at radius 2 is 2.05 bits per heavy atom. The molecule has 4 heteroatoms. The van der Waals surface area contributed by atoms with E-state index >= 15 is 0 Å². The number of carboxylic acids is 1. The van der Waals surface area contributed by atoms with Gasteiger partial charge in [-0.2, -0.15) is 0 Å². The van der Waals surface area contributed by atoms with Crippen molar-refractivity contribution in [2.75, 3.05) is 26.7 Å². The van der Waals surface area contributed by atoms with Crippen molar-refractivity contribution in [1.29, 1.82) is 0 Å². The van der Waals surface area contributed by atoms with E-state index in [1.54, 1.807) is 7.05 Å². The number of benzene rings is 1. The zero-order valence-electron chi connectivity index (χ0n) is 12.3. The lowest BCUT2D eigenvalue weighted by atomic mass is 9.89. The van der Waals surface area contributed by atoms with Gasteiger partial charge in [-0.1, -0.05) is 37.3 Å². The van der Waals surface area contributed by atoms with Gasteiger partial charge in [0.15, 0.2) is 5.54 Å². The fourth-order valence-electron chi connectivity index (χ4n) is 2.64. The van der Waals surface area contributed by atoms with Crippen LogP contribution in [0.2, 0.25) is 0 Å². The predicted octanol–water partition coefficient (Wildman–Crippen LogP) is 1.92. The molecule has 4 nitrogen and oxygen atoms in total. The Balaban J connectivity index is 2.23. The summed E-state index contributed by atoms with van der Waals surface area (Å²) >= 11 is 0. The number of nitrogens with one attached hydrogen (secondary N) is 1. The maximum absolute atomic E-state index is 11.9. The Morgan fingerprint density at radius 1 is 1.40 bits per heavy atom. The molecule has 2 rings (SSSR count). The molecule has 1 aliphatic rings. The summed E-state index contributed by atoms with van der Waals surface area (Å²) in [6.07, 6.45) is 2.56. The van der Waals surface area contributed by atoms with Crippen LogP contribution >= 0.6 is 0 Å². The first-order valence-electron chi connectivity index (χ1n) is 7.32. The molecule has 0 spiro atoms. The monoisotopic (exact) mass is 276 g/mol. The van der Waals surface area contributed by atoms with Crippen molar-refractivity contribution in [3.63, 3.8) is 0 Å². The second-order valence-corrected chi connectivity index (χ2v) is 5.60. The van der Waals surface area contributed by atoms with Crippen molar-refractivity contribution in [3.8, 4) is 0 Å². The summed E-state index contributed by atoms with van der Waals surface area (Å²) < 4.78 is 0. The molecular weight excluding hydrogens is 252 g/mol. The van der Waals surface area contributed by atoms with Crippen LogP contribution in [0.25, 0.3) is 0 Å². The van der Waals surface area contributed by atoms with Crippen LogP contribution in [0.1, 0.15) is 25.3 Å². The van der Waals surface area contributed by atoms with E-state index in [1.807, 2.05) is 30.3 Å². The summed E-state index contributed by atoms with van der Waals surface area (Å²) in [5.74, 6) is -0.0606. The molecule has 0 amide bonds. The number of carbonyl (C=O) groups is 1. The highest BCUT2D eigenvalue weighted by atomic mass is 16.4. The van der Waals surface area contributed by atoms with Gasteiger partial charge in [-0.05, 0) is 37.9 Å². The maximum Gasteiger partial charge on any atom is 0.329 e. The lowest BCUT2D eigenvalue weighted by molar-refractivity contribution is -0.146. The predicted molar refractivity (Wildman–Crippen MR) is 79.7 cm³/mol. The third-order valence-electron chi connectivity index (χ3n) is 4.18. The van der Waals surface area contributed by atoms with Gasteiger partial charge in [0.1, 0.15) is 0 Å². The normalized spacial score (nSPS) is 17.9. The number of rotatable bonds is 8. The van der Waals surface area contributed by atoms with Gasteiger partial charge in [0.05, 0.1) is 0 Å². The van der Waals surface area contributed by atoms with Crippen molar-refractivity contribution < 1.29 is 9.90 Å². The highest BCUT2D eigenvalue weighted by Gasteiger charge is 2.41. The van der Waals surface area contributed by atoms with Crippen LogP contribution in [-0.4, -0.2) is 42.7 Å². The quantitative estimate of drug-likeness (QED) is 0.761. The molecule has 1 unspecified atom stereocenters. The molecule has 0 heterocycles. The van der Waals surface area contributed by atoms with Crippen molar-refractivity contribution in [2.45, 2.75) is 25.3 Å². The van der Waals surface area contributed by atoms with Crippen LogP contribution in [0.3, 0.4) is 0 Å². The zero-order valence-corrected chi connectivity index (χ0v) is 12.3. The molecule has 110 valence electrons. The first-order valence-corrected chi connectivity index (χ1v) is 7.32. The Labute approximate surface area is 120 Å². The molecule has 0 radical (unpaired) electrons. The molecule has 0 saturated heterocycles. The molecule has 1 fully saturated rings. The highest BCUT2D eigenvalue weighted by molar-refractivity contribution is 5.81. The number of carboxylic acid groups (broad SMARTS) is 1. The highest BCUT2D eigenvalue weighted by Crippen LogP contribution is 2.31. The maximum atomic E-state index is 11.9. The number of nitrogens with zero attached hydrogens (tertiary/aromatic N) is 1. The fraction of sp³-hybridized carbons (Fsp3) is 0.562. The van der Waals surface area contributed by atoms with Gasteiger partial charge in [-0.3, -0.25) is 0 Å². The number of aliphatic carboxylic acids is 1. The lowest BCUT2D eigenvalue weighted by Crippen LogP contribution is -2.55. The molecule has 0 bridgehead atoms. The van der Waals surface area contributed by atoms with E-state index in [0.29, 0.717) is 6.54 Å². The molecular formula is C16H24N2O2. The zero-order chi connectivity index (χ0) is 14.6. The van der Waals surface area contributed by atoms with E-state index < -0.39 is 11.5 Å². The molecule has 0 aromatic heterocycles. The van der Waals surface area contributed by atoms with Crippen LogP contribution in [0.15, 0.2) is 30.3 Å². The average molecular weight is 276 g/mol. The molecule has 0 aliphatic heterocycles. The summed E-state index contributed by atoms with van der Waals surface area (Å²) in [4.78, 5) is 14.2. The first-order chi connectivity index (χ1) is 9.62. The average Bonchev–Trinajstić information content (AvgIpc) is 3.28. The fourth-order valence-corrected chi connectivity index (χ4v) is 2.64. The van der Waals surface area contributed by atoms with Gasteiger partial charge in [0.25, 0.3) is 0 Å².